The van der Waals surface area contributed by atoms with Crippen LogP contribution < -0.4 is 10.6 Å². The van der Waals surface area contributed by atoms with Gasteiger partial charge in [0.2, 0.25) is 5.91 Å². The number of anilines is 1. The van der Waals surface area contributed by atoms with Gasteiger partial charge in [0.15, 0.2) is 5.13 Å². The molecule has 27 heavy (non-hydrogen) atoms. The lowest BCUT2D eigenvalue weighted by molar-refractivity contribution is -0.116. The largest absolute Gasteiger partial charge is 0.348 e. The summed E-state index contributed by atoms with van der Waals surface area (Å²) in [4.78, 5) is 27.8. The second kappa shape index (κ2) is 8.37. The molecule has 0 aliphatic rings. The molecule has 0 unspecified atom stereocenters. The Labute approximate surface area is 159 Å². The van der Waals surface area contributed by atoms with E-state index in [9.17, 15) is 14.0 Å². The van der Waals surface area contributed by atoms with E-state index >= 15 is 0 Å². The average Bonchev–Trinajstić information content (AvgIpc) is 3.15. The van der Waals surface area contributed by atoms with E-state index in [0.29, 0.717) is 28.5 Å². The fraction of sp³-hybridized carbons (Fsp3) is 0.0500. The highest BCUT2D eigenvalue weighted by molar-refractivity contribution is 7.14. The first-order chi connectivity index (χ1) is 13.1. The summed E-state index contributed by atoms with van der Waals surface area (Å²) in [6, 6.07) is 13.2. The van der Waals surface area contributed by atoms with Crippen LogP contribution in [-0.2, 0) is 11.3 Å². The van der Waals surface area contributed by atoms with Crippen LogP contribution in [-0.4, -0.2) is 16.8 Å². The highest BCUT2D eigenvalue weighted by Gasteiger charge is 2.12. The molecule has 2 amide bonds. The third-order valence-electron chi connectivity index (χ3n) is 3.74. The first-order valence-electron chi connectivity index (χ1n) is 8.08. The van der Waals surface area contributed by atoms with Crippen LogP contribution in [0.15, 0.2) is 66.6 Å². The van der Waals surface area contributed by atoms with E-state index in [2.05, 4.69) is 22.2 Å². The maximum Gasteiger partial charge on any atom is 0.257 e. The predicted octanol–water partition coefficient (Wildman–Crippen LogP) is 4.00. The van der Waals surface area contributed by atoms with Gasteiger partial charge in [0, 0.05) is 23.1 Å². The van der Waals surface area contributed by atoms with Gasteiger partial charge in [0.25, 0.3) is 5.91 Å². The van der Waals surface area contributed by atoms with E-state index in [1.165, 1.54) is 23.5 Å². The molecular formula is C20H16FN3O2S. The number of halogens is 1. The third kappa shape index (κ3) is 4.65. The second-order valence-corrected chi connectivity index (χ2v) is 6.45. The zero-order valence-electron chi connectivity index (χ0n) is 14.2. The van der Waals surface area contributed by atoms with Crippen LogP contribution in [0, 0.1) is 5.82 Å². The molecule has 0 fully saturated rings. The lowest BCUT2D eigenvalue weighted by Crippen LogP contribution is -2.20. The van der Waals surface area contributed by atoms with Crippen LogP contribution in [0.5, 0.6) is 0 Å². The molecule has 3 aromatic rings. The molecular weight excluding hydrogens is 365 g/mol. The molecule has 2 N–H and O–H groups in total. The summed E-state index contributed by atoms with van der Waals surface area (Å²) < 4.78 is 13.8. The standard InChI is InChI=1S/C20H16FN3O2S/c1-2-18(25)22-11-13-7-9-14(10-8-13)19(26)24-20-23-17(12-27-20)15-5-3-4-6-16(15)21/h2-10,12H,1,11H2,(H,22,25)(H,23,24,26). The number of benzene rings is 2. The van der Waals surface area contributed by atoms with Crippen molar-refractivity contribution in [2.24, 2.45) is 0 Å². The highest BCUT2D eigenvalue weighted by atomic mass is 32.1. The van der Waals surface area contributed by atoms with Crippen molar-refractivity contribution in [3.8, 4) is 11.3 Å². The van der Waals surface area contributed by atoms with Crippen molar-refractivity contribution < 1.29 is 14.0 Å². The number of amides is 2. The fourth-order valence-corrected chi connectivity index (χ4v) is 3.03. The molecule has 0 aliphatic carbocycles. The minimum Gasteiger partial charge on any atom is -0.348 e. The summed E-state index contributed by atoms with van der Waals surface area (Å²) in [6.45, 7) is 3.74. The Hall–Kier alpha value is -3.32. The summed E-state index contributed by atoms with van der Waals surface area (Å²) in [7, 11) is 0. The molecule has 1 heterocycles. The van der Waals surface area contributed by atoms with Crippen LogP contribution >= 0.6 is 11.3 Å². The van der Waals surface area contributed by atoms with E-state index in [0.717, 1.165) is 5.56 Å². The number of carbonyl (C=O) groups excluding carboxylic acids is 2. The van der Waals surface area contributed by atoms with Crippen LogP contribution in [0.4, 0.5) is 9.52 Å². The molecule has 1 aromatic heterocycles. The van der Waals surface area contributed by atoms with Gasteiger partial charge in [0.05, 0.1) is 5.69 Å². The number of hydrogen-bond acceptors (Lipinski definition) is 4. The van der Waals surface area contributed by atoms with Crippen LogP contribution in [0.1, 0.15) is 15.9 Å². The Morgan fingerprint density at radius 3 is 2.59 bits per heavy atom. The Morgan fingerprint density at radius 2 is 1.89 bits per heavy atom. The van der Waals surface area contributed by atoms with E-state index in [-0.39, 0.29) is 17.6 Å². The van der Waals surface area contributed by atoms with Crippen molar-refractivity contribution >= 4 is 28.3 Å². The van der Waals surface area contributed by atoms with E-state index in [4.69, 9.17) is 0 Å². The molecule has 0 radical (unpaired) electrons. The number of nitrogens with zero attached hydrogens (tertiary/aromatic N) is 1. The summed E-state index contributed by atoms with van der Waals surface area (Å²) in [5, 5.41) is 7.46. The third-order valence-corrected chi connectivity index (χ3v) is 4.50. The van der Waals surface area contributed by atoms with Crippen molar-refractivity contribution in [3.05, 3.63) is 83.5 Å². The van der Waals surface area contributed by atoms with Crippen molar-refractivity contribution in [1.29, 1.82) is 0 Å². The molecule has 0 aliphatic heterocycles. The molecule has 0 atom stereocenters. The van der Waals surface area contributed by atoms with Gasteiger partial charge in [-0.1, -0.05) is 30.8 Å². The van der Waals surface area contributed by atoms with Crippen molar-refractivity contribution in [2.45, 2.75) is 6.54 Å². The lowest BCUT2D eigenvalue weighted by atomic mass is 10.1. The lowest BCUT2D eigenvalue weighted by Gasteiger charge is -2.05. The zero-order valence-corrected chi connectivity index (χ0v) is 15.1. The van der Waals surface area contributed by atoms with Gasteiger partial charge in [0.1, 0.15) is 5.82 Å². The maximum absolute atomic E-state index is 13.8. The zero-order chi connectivity index (χ0) is 19.2. The Kier molecular flexibility index (Phi) is 5.73. The number of hydrogen-bond donors (Lipinski definition) is 2. The van der Waals surface area contributed by atoms with E-state index < -0.39 is 0 Å². The number of rotatable bonds is 6. The summed E-state index contributed by atoms with van der Waals surface area (Å²) in [6.07, 6.45) is 1.20. The van der Waals surface area contributed by atoms with Crippen molar-refractivity contribution in [2.75, 3.05) is 5.32 Å². The van der Waals surface area contributed by atoms with Crippen molar-refractivity contribution in [3.63, 3.8) is 0 Å². The first kappa shape index (κ1) is 18.5. The predicted molar refractivity (Wildman–Crippen MR) is 104 cm³/mol. The van der Waals surface area contributed by atoms with Gasteiger partial charge in [-0.25, -0.2) is 9.37 Å². The van der Waals surface area contributed by atoms with E-state index in [1.54, 1.807) is 47.8 Å². The molecule has 7 heteroatoms. The Bertz CT molecular complexity index is 983. The second-order valence-electron chi connectivity index (χ2n) is 5.59. The Balaban J connectivity index is 1.65. The monoisotopic (exact) mass is 381 g/mol. The average molecular weight is 381 g/mol. The van der Waals surface area contributed by atoms with Crippen molar-refractivity contribution in [1.82, 2.24) is 10.3 Å². The van der Waals surface area contributed by atoms with Crippen LogP contribution in [0.2, 0.25) is 0 Å². The summed E-state index contributed by atoms with van der Waals surface area (Å²) in [5.41, 5.74) is 2.18. The van der Waals surface area contributed by atoms with Gasteiger partial charge in [-0.2, -0.15) is 0 Å². The molecule has 0 saturated heterocycles. The van der Waals surface area contributed by atoms with Gasteiger partial charge in [-0.15, -0.1) is 11.3 Å². The molecule has 0 bridgehead atoms. The van der Waals surface area contributed by atoms with Gasteiger partial charge >= 0.3 is 0 Å². The molecule has 0 saturated carbocycles. The molecule has 0 spiro atoms. The molecule has 5 nitrogen and oxygen atoms in total. The number of carbonyl (C=O) groups is 2. The number of nitrogens with one attached hydrogen (secondary N) is 2. The smallest absolute Gasteiger partial charge is 0.257 e. The number of thiazole rings is 1. The van der Waals surface area contributed by atoms with Gasteiger partial charge in [-0.05, 0) is 35.9 Å². The molecule has 2 aromatic carbocycles. The number of aromatic nitrogens is 1. The topological polar surface area (TPSA) is 71.1 Å². The maximum atomic E-state index is 13.8. The summed E-state index contributed by atoms with van der Waals surface area (Å²) >= 11 is 1.23. The van der Waals surface area contributed by atoms with Crippen LogP contribution in [0.25, 0.3) is 11.3 Å². The van der Waals surface area contributed by atoms with E-state index in [1.807, 2.05) is 0 Å². The van der Waals surface area contributed by atoms with Gasteiger partial charge in [-0.3, -0.25) is 14.9 Å². The molecule has 3 rings (SSSR count). The normalized spacial score (nSPS) is 10.3. The fourth-order valence-electron chi connectivity index (χ4n) is 2.33. The Morgan fingerprint density at radius 1 is 1.15 bits per heavy atom. The minimum absolute atomic E-state index is 0.258. The minimum atomic E-state index is -0.361. The summed E-state index contributed by atoms with van der Waals surface area (Å²) in [5.74, 6) is -0.933. The van der Waals surface area contributed by atoms with Gasteiger partial charge < -0.3 is 5.32 Å². The molecule has 136 valence electrons. The SMILES string of the molecule is C=CC(=O)NCc1ccc(C(=O)Nc2nc(-c3ccccc3F)cs2)cc1. The quantitative estimate of drug-likeness (QED) is 0.634. The highest BCUT2D eigenvalue weighted by Crippen LogP contribution is 2.27. The first-order valence-corrected chi connectivity index (χ1v) is 8.96. The van der Waals surface area contributed by atoms with Crippen LogP contribution in [0.3, 0.4) is 0 Å².